The topological polar surface area (TPSA) is 66.4 Å². The lowest BCUT2D eigenvalue weighted by Crippen LogP contribution is -2.51. The van der Waals surface area contributed by atoms with Crippen LogP contribution >= 0.6 is 0 Å². The van der Waals surface area contributed by atoms with Gasteiger partial charge in [-0.05, 0) is 13.8 Å². The van der Waals surface area contributed by atoms with Crippen LogP contribution in [0.2, 0.25) is 0 Å². The summed E-state index contributed by atoms with van der Waals surface area (Å²) in [6, 6.07) is 0. The van der Waals surface area contributed by atoms with Crippen LogP contribution in [0.15, 0.2) is 0 Å². The number of carboxylic acids is 1. The quantitative estimate of drug-likeness (QED) is 0.599. The van der Waals surface area contributed by atoms with Gasteiger partial charge in [0.2, 0.25) is 0 Å². The van der Waals surface area contributed by atoms with Gasteiger partial charge in [0.1, 0.15) is 0 Å². The predicted octanol–water partition coefficient (Wildman–Crippen LogP) is 0.231. The molecule has 6 heteroatoms. The summed E-state index contributed by atoms with van der Waals surface area (Å²) in [6.45, 7) is 2.08. The molecule has 0 unspecified atom stereocenters. The van der Waals surface area contributed by atoms with Crippen LogP contribution in [0.25, 0.3) is 0 Å². The van der Waals surface area contributed by atoms with Crippen LogP contribution in [-0.2, 0) is 9.59 Å². The SMILES string of the molecule is CC(C)(NC(=O)C(=O)O)C(F)F. The number of hydrogen-bond acceptors (Lipinski definition) is 2. The maximum Gasteiger partial charge on any atom is 0.394 e. The van der Waals surface area contributed by atoms with E-state index in [9.17, 15) is 18.4 Å². The number of nitrogens with one attached hydrogen (secondary N) is 1. The van der Waals surface area contributed by atoms with E-state index < -0.39 is 23.8 Å². The molecule has 12 heavy (non-hydrogen) atoms. The molecule has 0 aliphatic carbocycles. The first-order valence-corrected chi connectivity index (χ1v) is 3.11. The third kappa shape index (κ3) is 2.81. The predicted molar refractivity (Wildman–Crippen MR) is 35.9 cm³/mol. The molecule has 0 rings (SSSR count). The van der Waals surface area contributed by atoms with Crippen LogP contribution in [0.1, 0.15) is 13.8 Å². The molecule has 4 nitrogen and oxygen atoms in total. The van der Waals surface area contributed by atoms with Gasteiger partial charge in [-0.25, -0.2) is 13.6 Å². The van der Waals surface area contributed by atoms with Crippen molar-refractivity contribution in [2.45, 2.75) is 25.8 Å². The number of aliphatic carboxylic acids is 1. The average Bonchev–Trinajstić information content (AvgIpc) is 1.85. The van der Waals surface area contributed by atoms with Crippen molar-refractivity contribution in [3.8, 4) is 0 Å². The van der Waals surface area contributed by atoms with Gasteiger partial charge in [0.15, 0.2) is 0 Å². The van der Waals surface area contributed by atoms with E-state index in [0.29, 0.717) is 0 Å². The van der Waals surface area contributed by atoms with E-state index >= 15 is 0 Å². The van der Waals surface area contributed by atoms with E-state index in [1.54, 1.807) is 5.32 Å². The summed E-state index contributed by atoms with van der Waals surface area (Å²) in [5.41, 5.74) is -1.81. The van der Waals surface area contributed by atoms with Gasteiger partial charge in [0.25, 0.3) is 6.43 Å². The largest absolute Gasteiger partial charge is 0.474 e. The first-order valence-electron chi connectivity index (χ1n) is 3.11. The number of halogens is 2. The molecule has 1 amide bonds. The molecule has 0 aromatic rings. The molecular weight excluding hydrogens is 172 g/mol. The Labute approximate surface area is 67.6 Å². The normalized spacial score (nSPS) is 11.4. The Kier molecular flexibility index (Phi) is 3.12. The smallest absolute Gasteiger partial charge is 0.394 e. The van der Waals surface area contributed by atoms with Crippen LogP contribution in [0.4, 0.5) is 8.78 Å². The zero-order valence-electron chi connectivity index (χ0n) is 6.60. The number of amides is 1. The molecule has 0 saturated carbocycles. The molecule has 0 bridgehead atoms. The standard InChI is InChI=1S/C6H9F2NO3/c1-6(2,5(7)8)9-3(10)4(11)12/h5H,1-2H3,(H,9,10)(H,11,12). The van der Waals surface area contributed by atoms with E-state index in [4.69, 9.17) is 5.11 Å². The van der Waals surface area contributed by atoms with Crippen molar-refractivity contribution in [3.05, 3.63) is 0 Å². The summed E-state index contributed by atoms with van der Waals surface area (Å²) in [7, 11) is 0. The van der Waals surface area contributed by atoms with Crippen molar-refractivity contribution in [1.82, 2.24) is 5.32 Å². The Bertz CT molecular complexity index is 203. The average molecular weight is 181 g/mol. The number of carbonyl (C=O) groups excluding carboxylic acids is 1. The minimum absolute atomic E-state index is 1.04. The van der Waals surface area contributed by atoms with E-state index in [1.807, 2.05) is 0 Å². The lowest BCUT2D eigenvalue weighted by molar-refractivity contribution is -0.151. The summed E-state index contributed by atoms with van der Waals surface area (Å²) in [5.74, 6) is -3.20. The third-order valence-corrected chi connectivity index (χ3v) is 1.18. The van der Waals surface area contributed by atoms with Gasteiger partial charge in [0, 0.05) is 0 Å². The van der Waals surface area contributed by atoms with Crippen LogP contribution in [0.5, 0.6) is 0 Å². The van der Waals surface area contributed by atoms with Gasteiger partial charge in [0.05, 0.1) is 5.54 Å². The second-order valence-corrected chi connectivity index (χ2v) is 2.78. The maximum atomic E-state index is 12.0. The van der Waals surface area contributed by atoms with Gasteiger partial charge in [-0.1, -0.05) is 0 Å². The second-order valence-electron chi connectivity index (χ2n) is 2.78. The maximum absolute atomic E-state index is 12.0. The summed E-state index contributed by atoms with van der Waals surface area (Å²) in [4.78, 5) is 20.4. The highest BCUT2D eigenvalue weighted by Gasteiger charge is 2.32. The molecule has 0 heterocycles. The third-order valence-electron chi connectivity index (χ3n) is 1.18. The Morgan fingerprint density at radius 1 is 1.42 bits per heavy atom. The first-order chi connectivity index (χ1) is 5.27. The van der Waals surface area contributed by atoms with Crippen LogP contribution in [0.3, 0.4) is 0 Å². The van der Waals surface area contributed by atoms with Crippen molar-refractivity contribution < 1.29 is 23.5 Å². The Morgan fingerprint density at radius 3 is 2.08 bits per heavy atom. The van der Waals surface area contributed by atoms with Crippen molar-refractivity contribution in [1.29, 1.82) is 0 Å². The van der Waals surface area contributed by atoms with Crippen LogP contribution in [-0.4, -0.2) is 28.9 Å². The molecule has 0 aromatic heterocycles. The minimum atomic E-state index is -2.80. The zero-order chi connectivity index (χ0) is 9.94. The fourth-order valence-corrected chi connectivity index (χ4v) is 0.401. The number of hydrogen-bond donors (Lipinski definition) is 2. The fraction of sp³-hybridized carbons (Fsp3) is 0.667. The van der Waals surface area contributed by atoms with Gasteiger partial charge in [-0.2, -0.15) is 0 Å². The monoisotopic (exact) mass is 181 g/mol. The summed E-state index contributed by atoms with van der Waals surface area (Å²) >= 11 is 0. The minimum Gasteiger partial charge on any atom is -0.474 e. The van der Waals surface area contributed by atoms with E-state index in [0.717, 1.165) is 13.8 Å². The molecule has 0 fully saturated rings. The van der Waals surface area contributed by atoms with Crippen LogP contribution < -0.4 is 5.32 Å². The number of rotatable bonds is 2. The number of carboxylic acid groups (broad SMARTS) is 1. The summed E-state index contributed by atoms with van der Waals surface area (Å²) in [6.07, 6.45) is -2.80. The van der Waals surface area contributed by atoms with E-state index in [-0.39, 0.29) is 0 Å². The second kappa shape index (κ2) is 3.46. The van der Waals surface area contributed by atoms with Gasteiger partial charge in [-0.3, -0.25) is 4.79 Å². The zero-order valence-corrected chi connectivity index (χ0v) is 6.60. The number of alkyl halides is 2. The molecule has 0 aliphatic rings. The molecule has 0 atom stereocenters. The van der Waals surface area contributed by atoms with Crippen molar-refractivity contribution in [2.75, 3.05) is 0 Å². The first kappa shape index (κ1) is 10.8. The summed E-state index contributed by atoms with van der Waals surface area (Å²) < 4.78 is 24.1. The van der Waals surface area contributed by atoms with Gasteiger partial charge >= 0.3 is 11.9 Å². The van der Waals surface area contributed by atoms with Crippen molar-refractivity contribution in [2.24, 2.45) is 0 Å². The highest BCUT2D eigenvalue weighted by Crippen LogP contribution is 2.13. The lowest BCUT2D eigenvalue weighted by atomic mass is 10.1. The molecular formula is C6H9F2NO3. The number of carbonyl (C=O) groups is 2. The van der Waals surface area contributed by atoms with Crippen LogP contribution in [0, 0.1) is 0 Å². The Morgan fingerprint density at radius 2 is 1.83 bits per heavy atom. The summed E-state index contributed by atoms with van der Waals surface area (Å²) in [5, 5.41) is 9.74. The lowest BCUT2D eigenvalue weighted by Gasteiger charge is -2.23. The van der Waals surface area contributed by atoms with Crippen molar-refractivity contribution >= 4 is 11.9 Å². The molecule has 70 valence electrons. The van der Waals surface area contributed by atoms with Gasteiger partial charge in [-0.15, -0.1) is 0 Å². The van der Waals surface area contributed by atoms with E-state index in [1.165, 1.54) is 0 Å². The molecule has 0 aliphatic heterocycles. The Balaban J connectivity index is 4.25. The van der Waals surface area contributed by atoms with E-state index in [2.05, 4.69) is 0 Å². The molecule has 0 spiro atoms. The molecule has 0 saturated heterocycles. The Hall–Kier alpha value is -1.20. The highest BCUT2D eigenvalue weighted by molar-refractivity contribution is 6.31. The highest BCUT2D eigenvalue weighted by atomic mass is 19.3. The molecule has 0 aromatic carbocycles. The van der Waals surface area contributed by atoms with Crippen molar-refractivity contribution in [3.63, 3.8) is 0 Å². The van der Waals surface area contributed by atoms with Gasteiger partial charge < -0.3 is 10.4 Å². The fourth-order valence-electron chi connectivity index (χ4n) is 0.401. The molecule has 0 radical (unpaired) electrons. The molecule has 2 N–H and O–H groups in total.